The Balaban J connectivity index is 2.15. The van der Waals surface area contributed by atoms with Crippen LogP contribution in [0.2, 0.25) is 0 Å². The molecule has 0 radical (unpaired) electrons. The SMILES string of the molecule is CCCC(C)C(=O)Oc1ccc(C[C@H](NCC(C)OC(=O)Oc2ccccc2)C(=O)OC)cc1OC(=O)C(C)CCC. The molecule has 0 amide bonds. The summed E-state index contributed by atoms with van der Waals surface area (Å²) in [6.07, 6.45) is 1.61. The highest BCUT2D eigenvalue weighted by Gasteiger charge is 2.25. The van der Waals surface area contributed by atoms with Crippen LogP contribution in [0, 0.1) is 11.8 Å². The largest absolute Gasteiger partial charge is 0.514 e. The van der Waals surface area contributed by atoms with Crippen LogP contribution in [0.5, 0.6) is 17.2 Å². The number of para-hydroxylation sites is 1. The number of benzene rings is 2. The van der Waals surface area contributed by atoms with Crippen molar-refractivity contribution in [1.29, 1.82) is 0 Å². The molecule has 10 heteroatoms. The molecule has 4 atom stereocenters. The number of rotatable bonds is 16. The zero-order valence-electron chi connectivity index (χ0n) is 25.3. The second-order valence-electron chi connectivity index (χ2n) is 10.3. The van der Waals surface area contributed by atoms with Crippen LogP contribution in [0.25, 0.3) is 0 Å². The van der Waals surface area contributed by atoms with E-state index in [-0.39, 0.29) is 36.3 Å². The normalized spacial score (nSPS) is 13.7. The van der Waals surface area contributed by atoms with Crippen molar-refractivity contribution in [2.24, 2.45) is 11.8 Å². The Morgan fingerprint density at radius 3 is 1.93 bits per heavy atom. The quantitative estimate of drug-likeness (QED) is 0.150. The molecule has 230 valence electrons. The van der Waals surface area contributed by atoms with Gasteiger partial charge in [0.1, 0.15) is 17.9 Å². The summed E-state index contributed by atoms with van der Waals surface area (Å²) in [7, 11) is 1.27. The molecular formula is C32H43NO9. The minimum absolute atomic E-state index is 0.0986. The van der Waals surface area contributed by atoms with Crippen LogP contribution in [0.3, 0.4) is 0 Å². The number of hydrogen-bond acceptors (Lipinski definition) is 10. The molecule has 10 nitrogen and oxygen atoms in total. The number of hydrogen-bond donors (Lipinski definition) is 1. The van der Waals surface area contributed by atoms with Crippen molar-refractivity contribution >= 4 is 24.1 Å². The zero-order valence-corrected chi connectivity index (χ0v) is 25.3. The third-order valence-corrected chi connectivity index (χ3v) is 6.50. The van der Waals surface area contributed by atoms with E-state index in [0.29, 0.717) is 24.2 Å². The molecule has 0 saturated heterocycles. The Labute approximate surface area is 248 Å². The van der Waals surface area contributed by atoms with Gasteiger partial charge in [-0.3, -0.25) is 14.4 Å². The maximum Gasteiger partial charge on any atom is 0.514 e. The van der Waals surface area contributed by atoms with E-state index >= 15 is 0 Å². The molecular weight excluding hydrogens is 542 g/mol. The van der Waals surface area contributed by atoms with Gasteiger partial charge in [-0.1, -0.05) is 64.8 Å². The standard InChI is InChI=1S/C32H43NO9/c1-7-12-21(3)29(34)41-27-17-16-24(19-28(27)42-30(35)22(4)13-8-2)18-26(31(36)38-6)33-20-23(5)39-32(37)40-25-14-10-9-11-15-25/h9-11,14-17,19,21-23,26,33H,7-8,12-13,18,20H2,1-6H3/t21?,22?,23?,26-/m0/s1. The number of nitrogens with one attached hydrogen (secondary N) is 1. The van der Waals surface area contributed by atoms with Crippen molar-refractivity contribution < 1.29 is 42.9 Å². The maximum atomic E-state index is 12.7. The van der Waals surface area contributed by atoms with E-state index in [9.17, 15) is 19.2 Å². The van der Waals surface area contributed by atoms with E-state index in [1.54, 1.807) is 69.3 Å². The maximum absolute atomic E-state index is 12.7. The third-order valence-electron chi connectivity index (χ3n) is 6.50. The summed E-state index contributed by atoms with van der Waals surface area (Å²) >= 11 is 0. The van der Waals surface area contributed by atoms with Crippen LogP contribution in [0.15, 0.2) is 48.5 Å². The van der Waals surface area contributed by atoms with Crippen molar-refractivity contribution in [2.75, 3.05) is 13.7 Å². The smallest absolute Gasteiger partial charge is 0.468 e. The first kappa shape index (κ1) is 34.3. The Morgan fingerprint density at radius 1 is 0.762 bits per heavy atom. The van der Waals surface area contributed by atoms with Crippen LogP contribution in [0.4, 0.5) is 4.79 Å². The first-order valence-electron chi connectivity index (χ1n) is 14.4. The van der Waals surface area contributed by atoms with Gasteiger partial charge >= 0.3 is 24.1 Å². The number of carbonyl (C=O) groups excluding carboxylic acids is 4. The first-order valence-corrected chi connectivity index (χ1v) is 14.4. The van der Waals surface area contributed by atoms with Gasteiger partial charge in [-0.15, -0.1) is 0 Å². The van der Waals surface area contributed by atoms with E-state index in [2.05, 4.69) is 5.32 Å². The lowest BCUT2D eigenvalue weighted by molar-refractivity contribution is -0.143. The lowest BCUT2D eigenvalue weighted by atomic mass is 10.0. The van der Waals surface area contributed by atoms with Crippen LogP contribution in [-0.4, -0.2) is 49.9 Å². The fraction of sp³-hybridized carbons (Fsp3) is 0.500. The van der Waals surface area contributed by atoms with Crippen LogP contribution in [-0.2, 0) is 30.3 Å². The molecule has 42 heavy (non-hydrogen) atoms. The predicted octanol–water partition coefficient (Wildman–Crippen LogP) is 5.65. The minimum Gasteiger partial charge on any atom is -0.468 e. The highest BCUT2D eigenvalue weighted by molar-refractivity contribution is 5.79. The van der Waals surface area contributed by atoms with Gasteiger partial charge in [0.15, 0.2) is 11.5 Å². The number of methoxy groups -OCH3 is 1. The van der Waals surface area contributed by atoms with E-state index in [1.165, 1.54) is 7.11 Å². The lowest BCUT2D eigenvalue weighted by Gasteiger charge is -2.20. The van der Waals surface area contributed by atoms with Crippen molar-refractivity contribution in [2.45, 2.75) is 78.9 Å². The Bertz CT molecular complexity index is 1170. The van der Waals surface area contributed by atoms with E-state index in [1.807, 2.05) is 13.8 Å². The van der Waals surface area contributed by atoms with Gasteiger partial charge in [0.25, 0.3) is 0 Å². The van der Waals surface area contributed by atoms with E-state index < -0.39 is 36.2 Å². The topological polar surface area (TPSA) is 126 Å². The third kappa shape index (κ3) is 11.5. The van der Waals surface area contributed by atoms with E-state index in [4.69, 9.17) is 23.7 Å². The second-order valence-corrected chi connectivity index (χ2v) is 10.3. The van der Waals surface area contributed by atoms with Crippen LogP contribution in [0.1, 0.15) is 65.9 Å². The molecule has 2 aromatic rings. The molecule has 2 aromatic carbocycles. The van der Waals surface area contributed by atoms with Gasteiger partial charge in [0, 0.05) is 6.54 Å². The van der Waals surface area contributed by atoms with Crippen molar-refractivity contribution in [1.82, 2.24) is 5.32 Å². The van der Waals surface area contributed by atoms with Gasteiger partial charge in [0.05, 0.1) is 18.9 Å². The summed E-state index contributed by atoms with van der Waals surface area (Å²) in [6, 6.07) is 12.5. The Hall–Kier alpha value is -3.92. The monoisotopic (exact) mass is 585 g/mol. The van der Waals surface area contributed by atoms with Crippen molar-refractivity contribution in [3.8, 4) is 17.2 Å². The molecule has 0 fully saturated rings. The summed E-state index contributed by atoms with van der Waals surface area (Å²) in [5.41, 5.74) is 0.627. The fourth-order valence-electron chi connectivity index (χ4n) is 4.10. The number of esters is 3. The number of carbonyl (C=O) groups is 4. The van der Waals surface area contributed by atoms with Gasteiger partial charge in [0.2, 0.25) is 0 Å². The fourth-order valence-corrected chi connectivity index (χ4v) is 4.10. The zero-order chi connectivity index (χ0) is 31.1. The van der Waals surface area contributed by atoms with Gasteiger partial charge in [-0.2, -0.15) is 0 Å². The van der Waals surface area contributed by atoms with Gasteiger partial charge < -0.3 is 29.0 Å². The molecule has 3 unspecified atom stereocenters. The van der Waals surface area contributed by atoms with Crippen molar-refractivity contribution in [3.63, 3.8) is 0 Å². The highest BCUT2D eigenvalue weighted by atomic mass is 16.7. The van der Waals surface area contributed by atoms with Crippen molar-refractivity contribution in [3.05, 3.63) is 54.1 Å². The predicted molar refractivity (Wildman–Crippen MR) is 156 cm³/mol. The summed E-state index contributed by atoms with van der Waals surface area (Å²) in [5.74, 6) is -1.48. The number of ether oxygens (including phenoxy) is 5. The highest BCUT2D eigenvalue weighted by Crippen LogP contribution is 2.31. The molecule has 0 aliphatic heterocycles. The summed E-state index contributed by atoms with van der Waals surface area (Å²) in [4.78, 5) is 50.1. The molecule has 0 spiro atoms. The summed E-state index contributed by atoms with van der Waals surface area (Å²) in [6.45, 7) is 9.31. The van der Waals surface area contributed by atoms with Gasteiger partial charge in [-0.25, -0.2) is 4.79 Å². The first-order chi connectivity index (χ1) is 20.1. The van der Waals surface area contributed by atoms with Crippen LogP contribution < -0.4 is 19.5 Å². The Kier molecular flexibility index (Phi) is 14.5. The summed E-state index contributed by atoms with van der Waals surface area (Å²) in [5, 5.41) is 3.06. The lowest BCUT2D eigenvalue weighted by Crippen LogP contribution is -2.43. The minimum atomic E-state index is -0.868. The second kappa shape index (κ2) is 17.8. The average molecular weight is 586 g/mol. The molecule has 0 aliphatic rings. The Morgan fingerprint density at radius 2 is 1.36 bits per heavy atom. The molecule has 0 saturated carbocycles. The molecule has 0 aromatic heterocycles. The van der Waals surface area contributed by atoms with E-state index in [0.717, 1.165) is 12.8 Å². The molecule has 1 N–H and O–H groups in total. The van der Waals surface area contributed by atoms with Gasteiger partial charge in [-0.05, 0) is 56.0 Å². The molecule has 0 aliphatic carbocycles. The summed E-state index contributed by atoms with van der Waals surface area (Å²) < 4.78 is 26.7. The molecule has 0 heterocycles. The van der Waals surface area contributed by atoms with Crippen LogP contribution >= 0.6 is 0 Å². The average Bonchev–Trinajstić information content (AvgIpc) is 2.96. The molecule has 0 bridgehead atoms. The molecule has 2 rings (SSSR count).